The molecule has 0 aliphatic heterocycles. The van der Waals surface area contributed by atoms with Crippen molar-refractivity contribution in [1.82, 2.24) is 19.6 Å². The number of thiophene rings is 1. The van der Waals surface area contributed by atoms with Crippen LogP contribution in [0.15, 0.2) is 18.5 Å². The van der Waals surface area contributed by atoms with Gasteiger partial charge in [-0.2, -0.15) is 0 Å². The second-order valence-corrected chi connectivity index (χ2v) is 6.31. The van der Waals surface area contributed by atoms with E-state index in [1.807, 2.05) is 28.9 Å². The molecule has 1 aliphatic rings. The van der Waals surface area contributed by atoms with Gasteiger partial charge in [0.25, 0.3) is 0 Å². The minimum absolute atomic E-state index is 0.786. The molecule has 3 aromatic rings. The van der Waals surface area contributed by atoms with E-state index in [9.17, 15) is 0 Å². The lowest BCUT2D eigenvalue weighted by atomic mass is 10.2. The molecular weight excluding hydrogens is 270 g/mol. The number of rotatable bonds is 3. The summed E-state index contributed by atoms with van der Waals surface area (Å²) in [6.45, 7) is 2.74. The Kier molecular flexibility index (Phi) is 2.70. The molecule has 0 spiro atoms. The Hall–Kier alpha value is -1.95. The van der Waals surface area contributed by atoms with Gasteiger partial charge >= 0.3 is 0 Å². The SMILES string of the molecule is Cc1nnc2c(NCc3cc4c(s3)CCC4)nccn12. The third-order valence-corrected chi connectivity index (χ3v) is 4.96. The predicted molar refractivity (Wildman–Crippen MR) is 79.2 cm³/mol. The molecule has 1 aliphatic carbocycles. The summed E-state index contributed by atoms with van der Waals surface area (Å²) in [5, 5.41) is 11.6. The normalized spacial score (nSPS) is 13.8. The molecule has 0 aromatic carbocycles. The quantitative estimate of drug-likeness (QED) is 0.803. The lowest BCUT2D eigenvalue weighted by molar-refractivity contribution is 0.913. The van der Waals surface area contributed by atoms with Gasteiger partial charge in [0.1, 0.15) is 5.82 Å². The highest BCUT2D eigenvalue weighted by Crippen LogP contribution is 2.31. The molecule has 0 saturated carbocycles. The van der Waals surface area contributed by atoms with Crippen molar-refractivity contribution >= 4 is 22.8 Å². The third kappa shape index (κ3) is 1.87. The number of hydrogen-bond acceptors (Lipinski definition) is 5. The standard InChI is InChI=1S/C14H15N5S/c1-9-17-18-14-13(15-5-6-19(9)14)16-8-11-7-10-3-2-4-12(10)20-11/h5-7H,2-4,8H2,1H3,(H,15,16). The fourth-order valence-corrected chi connectivity index (χ4v) is 3.92. The Morgan fingerprint density at radius 1 is 1.35 bits per heavy atom. The van der Waals surface area contributed by atoms with Crippen LogP contribution in [0.4, 0.5) is 5.82 Å². The van der Waals surface area contributed by atoms with Crippen LogP contribution >= 0.6 is 11.3 Å². The smallest absolute Gasteiger partial charge is 0.203 e. The summed E-state index contributed by atoms with van der Waals surface area (Å²) in [4.78, 5) is 7.30. The first-order valence-corrected chi connectivity index (χ1v) is 7.63. The number of aryl methyl sites for hydroxylation is 3. The highest BCUT2D eigenvalue weighted by molar-refractivity contribution is 7.12. The first-order chi connectivity index (χ1) is 9.81. The van der Waals surface area contributed by atoms with Gasteiger partial charge in [-0.25, -0.2) is 4.98 Å². The third-order valence-electron chi connectivity index (χ3n) is 3.73. The van der Waals surface area contributed by atoms with Crippen LogP contribution in [-0.4, -0.2) is 19.6 Å². The minimum Gasteiger partial charge on any atom is -0.362 e. The summed E-state index contributed by atoms with van der Waals surface area (Å²) in [5.41, 5.74) is 2.32. The molecule has 102 valence electrons. The summed E-state index contributed by atoms with van der Waals surface area (Å²) in [5.74, 6) is 1.67. The van der Waals surface area contributed by atoms with Crippen molar-refractivity contribution in [1.29, 1.82) is 0 Å². The van der Waals surface area contributed by atoms with E-state index in [-0.39, 0.29) is 0 Å². The summed E-state index contributed by atoms with van der Waals surface area (Å²) in [6, 6.07) is 2.33. The number of nitrogens with one attached hydrogen (secondary N) is 1. The molecule has 4 rings (SSSR count). The van der Waals surface area contributed by atoms with Gasteiger partial charge in [-0.05, 0) is 37.8 Å². The van der Waals surface area contributed by atoms with Crippen LogP contribution < -0.4 is 5.32 Å². The molecule has 0 bridgehead atoms. The fraction of sp³-hybridized carbons (Fsp3) is 0.357. The van der Waals surface area contributed by atoms with Gasteiger partial charge in [-0.15, -0.1) is 21.5 Å². The molecule has 0 saturated heterocycles. The summed E-state index contributed by atoms with van der Waals surface area (Å²) in [7, 11) is 0. The van der Waals surface area contributed by atoms with Gasteiger partial charge in [-0.3, -0.25) is 4.40 Å². The van der Waals surface area contributed by atoms with Crippen LogP contribution in [0, 0.1) is 6.92 Å². The molecule has 0 radical (unpaired) electrons. The average Bonchev–Trinajstić information content (AvgIpc) is 3.11. The lowest BCUT2D eigenvalue weighted by Crippen LogP contribution is -2.02. The van der Waals surface area contributed by atoms with E-state index in [0.717, 1.165) is 23.8 Å². The van der Waals surface area contributed by atoms with Crippen LogP contribution in [0.25, 0.3) is 5.65 Å². The van der Waals surface area contributed by atoms with Crippen molar-refractivity contribution < 1.29 is 0 Å². The summed E-state index contributed by atoms with van der Waals surface area (Å²) in [6.07, 6.45) is 7.46. The van der Waals surface area contributed by atoms with Crippen LogP contribution in [-0.2, 0) is 19.4 Å². The zero-order valence-corrected chi connectivity index (χ0v) is 12.1. The Bertz CT molecular complexity index is 752. The average molecular weight is 285 g/mol. The molecule has 3 aromatic heterocycles. The number of nitrogens with zero attached hydrogens (tertiary/aromatic N) is 4. The monoisotopic (exact) mass is 285 g/mol. The second-order valence-electron chi connectivity index (χ2n) is 5.08. The minimum atomic E-state index is 0.786. The van der Waals surface area contributed by atoms with Crippen LogP contribution in [0.1, 0.15) is 27.6 Å². The van der Waals surface area contributed by atoms with Crippen molar-refractivity contribution in [2.75, 3.05) is 5.32 Å². The lowest BCUT2D eigenvalue weighted by Gasteiger charge is -2.05. The van der Waals surface area contributed by atoms with E-state index in [1.165, 1.54) is 29.7 Å². The van der Waals surface area contributed by atoms with Gasteiger partial charge in [0.15, 0.2) is 5.82 Å². The molecule has 6 heteroatoms. The van der Waals surface area contributed by atoms with Crippen LogP contribution in [0.3, 0.4) is 0 Å². The van der Waals surface area contributed by atoms with Crippen molar-refractivity contribution in [3.05, 3.63) is 39.6 Å². The largest absolute Gasteiger partial charge is 0.362 e. The van der Waals surface area contributed by atoms with Crippen molar-refractivity contribution in [3.63, 3.8) is 0 Å². The molecule has 0 atom stereocenters. The molecule has 20 heavy (non-hydrogen) atoms. The van der Waals surface area contributed by atoms with Crippen molar-refractivity contribution in [3.8, 4) is 0 Å². The zero-order valence-electron chi connectivity index (χ0n) is 11.3. The molecule has 3 heterocycles. The van der Waals surface area contributed by atoms with Crippen LogP contribution in [0.2, 0.25) is 0 Å². The molecule has 0 fully saturated rings. The summed E-state index contributed by atoms with van der Waals surface area (Å²) < 4.78 is 1.95. The Labute approximate surface area is 120 Å². The maximum atomic E-state index is 4.37. The van der Waals surface area contributed by atoms with E-state index in [1.54, 1.807) is 11.1 Å². The molecule has 5 nitrogen and oxygen atoms in total. The highest BCUT2D eigenvalue weighted by atomic mass is 32.1. The fourth-order valence-electron chi connectivity index (χ4n) is 2.71. The highest BCUT2D eigenvalue weighted by Gasteiger charge is 2.15. The first-order valence-electron chi connectivity index (χ1n) is 6.82. The van der Waals surface area contributed by atoms with E-state index < -0.39 is 0 Å². The van der Waals surface area contributed by atoms with Gasteiger partial charge in [0, 0.05) is 22.1 Å². The second kappa shape index (κ2) is 4.56. The van der Waals surface area contributed by atoms with Gasteiger partial charge in [-0.1, -0.05) is 0 Å². The molecule has 0 unspecified atom stereocenters. The number of fused-ring (bicyclic) bond motifs is 2. The predicted octanol–water partition coefficient (Wildman–Crippen LogP) is 2.60. The van der Waals surface area contributed by atoms with E-state index in [2.05, 4.69) is 26.6 Å². The number of anilines is 1. The van der Waals surface area contributed by atoms with E-state index >= 15 is 0 Å². The van der Waals surface area contributed by atoms with Crippen molar-refractivity contribution in [2.24, 2.45) is 0 Å². The van der Waals surface area contributed by atoms with E-state index in [0.29, 0.717) is 0 Å². The Morgan fingerprint density at radius 3 is 3.20 bits per heavy atom. The Morgan fingerprint density at radius 2 is 2.30 bits per heavy atom. The van der Waals surface area contributed by atoms with Crippen LogP contribution in [0.5, 0.6) is 0 Å². The number of aromatic nitrogens is 4. The molecular formula is C14H15N5S. The maximum Gasteiger partial charge on any atom is 0.203 e. The summed E-state index contributed by atoms with van der Waals surface area (Å²) >= 11 is 1.92. The zero-order chi connectivity index (χ0) is 13.5. The van der Waals surface area contributed by atoms with Gasteiger partial charge in [0.2, 0.25) is 5.65 Å². The maximum absolute atomic E-state index is 4.37. The molecule has 1 N–H and O–H groups in total. The van der Waals surface area contributed by atoms with Gasteiger partial charge < -0.3 is 5.32 Å². The number of hydrogen-bond donors (Lipinski definition) is 1. The molecule has 0 amide bonds. The van der Waals surface area contributed by atoms with E-state index in [4.69, 9.17) is 0 Å². The Balaban J connectivity index is 1.58. The van der Waals surface area contributed by atoms with Gasteiger partial charge in [0.05, 0.1) is 6.54 Å². The van der Waals surface area contributed by atoms with Crippen molar-refractivity contribution in [2.45, 2.75) is 32.7 Å². The first kappa shape index (κ1) is 11.8. The topological polar surface area (TPSA) is 55.1 Å².